The lowest BCUT2D eigenvalue weighted by Crippen LogP contribution is -2.11. The lowest BCUT2D eigenvalue weighted by Gasteiger charge is -2.02. The molecule has 0 spiro atoms. The summed E-state index contributed by atoms with van der Waals surface area (Å²) in [7, 11) is 0. The van der Waals surface area contributed by atoms with Gasteiger partial charge in [-0.2, -0.15) is 5.26 Å². The fraction of sp³-hybridized carbons (Fsp3) is 0. The Balaban J connectivity index is 1.98. The lowest BCUT2D eigenvalue weighted by molar-refractivity contribution is 0.0998. The van der Waals surface area contributed by atoms with Crippen LogP contribution >= 0.6 is 11.3 Å². The zero-order valence-electron chi connectivity index (χ0n) is 12.4. The molecular formula is C17H12N4O2S. The number of hydrogen-bond acceptors (Lipinski definition) is 5. The van der Waals surface area contributed by atoms with Gasteiger partial charge in [0.1, 0.15) is 16.8 Å². The van der Waals surface area contributed by atoms with Gasteiger partial charge in [0, 0.05) is 22.8 Å². The maximum absolute atomic E-state index is 11.3. The van der Waals surface area contributed by atoms with Gasteiger partial charge < -0.3 is 15.8 Å². The van der Waals surface area contributed by atoms with Crippen molar-refractivity contribution in [1.82, 2.24) is 9.97 Å². The number of amides is 1. The van der Waals surface area contributed by atoms with Gasteiger partial charge in [0.2, 0.25) is 0 Å². The second kappa shape index (κ2) is 6.40. The molecule has 118 valence electrons. The molecule has 24 heavy (non-hydrogen) atoms. The van der Waals surface area contributed by atoms with Crippen LogP contribution < -0.4 is 5.73 Å². The summed E-state index contributed by atoms with van der Waals surface area (Å²) in [5.74, 6) is -0.889. The number of nitrogens with two attached hydrogens (primary N) is 1. The van der Waals surface area contributed by atoms with Crippen molar-refractivity contribution in [2.75, 3.05) is 0 Å². The standard InChI is InChI=1S/C17H12N4O2S/c18-8-11(6-12-2-1-5-20-12)17-21-14(9-24-17)10-3-4-15(22)13(7-10)16(19)23/h1-7,9,20,22H,(H2,19,23)/b11-6-. The van der Waals surface area contributed by atoms with E-state index in [1.165, 1.54) is 23.5 Å². The van der Waals surface area contributed by atoms with Crippen molar-refractivity contribution in [3.05, 3.63) is 58.2 Å². The summed E-state index contributed by atoms with van der Waals surface area (Å²) in [6.07, 6.45) is 3.49. The summed E-state index contributed by atoms with van der Waals surface area (Å²) < 4.78 is 0. The number of primary amides is 1. The molecule has 6 nitrogen and oxygen atoms in total. The maximum Gasteiger partial charge on any atom is 0.252 e. The summed E-state index contributed by atoms with van der Waals surface area (Å²) in [5.41, 5.74) is 7.76. The molecule has 0 aliphatic carbocycles. The number of aromatic amines is 1. The molecule has 0 bridgehead atoms. The second-order valence-electron chi connectivity index (χ2n) is 4.93. The predicted octanol–water partition coefficient (Wildman–Crippen LogP) is 3.01. The Kier molecular flexibility index (Phi) is 4.14. The molecule has 0 unspecified atom stereocenters. The fourth-order valence-electron chi connectivity index (χ4n) is 2.15. The number of benzene rings is 1. The van der Waals surface area contributed by atoms with Crippen molar-refractivity contribution < 1.29 is 9.90 Å². The molecule has 0 aliphatic rings. The molecule has 2 heterocycles. The van der Waals surface area contributed by atoms with Crippen molar-refractivity contribution in [3.63, 3.8) is 0 Å². The van der Waals surface area contributed by atoms with Gasteiger partial charge in [0.05, 0.1) is 16.8 Å². The number of carbonyl (C=O) groups excluding carboxylic acids is 1. The first-order valence-electron chi connectivity index (χ1n) is 6.93. The van der Waals surface area contributed by atoms with Crippen molar-refractivity contribution in [1.29, 1.82) is 5.26 Å². The molecule has 2 aromatic heterocycles. The third kappa shape index (κ3) is 3.04. The average molecular weight is 336 g/mol. The summed E-state index contributed by atoms with van der Waals surface area (Å²) in [6, 6.07) is 10.4. The number of aromatic hydroxyl groups is 1. The first-order valence-corrected chi connectivity index (χ1v) is 7.80. The van der Waals surface area contributed by atoms with Crippen LogP contribution in [0.5, 0.6) is 5.75 Å². The van der Waals surface area contributed by atoms with Crippen LogP contribution in [-0.2, 0) is 0 Å². The van der Waals surface area contributed by atoms with Crippen LogP contribution in [0.15, 0.2) is 41.9 Å². The van der Waals surface area contributed by atoms with E-state index in [0.717, 1.165) is 5.69 Å². The van der Waals surface area contributed by atoms with E-state index < -0.39 is 5.91 Å². The number of aromatic nitrogens is 2. The van der Waals surface area contributed by atoms with E-state index in [-0.39, 0.29) is 11.3 Å². The van der Waals surface area contributed by atoms with Gasteiger partial charge in [-0.05, 0) is 36.4 Å². The van der Waals surface area contributed by atoms with E-state index in [1.54, 1.807) is 23.7 Å². The Morgan fingerprint density at radius 1 is 1.42 bits per heavy atom. The summed E-state index contributed by atoms with van der Waals surface area (Å²) in [4.78, 5) is 18.8. The zero-order chi connectivity index (χ0) is 17.1. The van der Waals surface area contributed by atoms with Gasteiger partial charge in [0.15, 0.2) is 0 Å². The molecule has 4 N–H and O–H groups in total. The van der Waals surface area contributed by atoms with Crippen molar-refractivity contribution in [3.8, 4) is 23.1 Å². The van der Waals surface area contributed by atoms with E-state index in [2.05, 4.69) is 16.0 Å². The van der Waals surface area contributed by atoms with E-state index >= 15 is 0 Å². The summed E-state index contributed by atoms with van der Waals surface area (Å²) in [6.45, 7) is 0. The molecule has 1 aromatic carbocycles. The molecule has 0 aliphatic heterocycles. The Labute approximate surface area is 141 Å². The number of thiazole rings is 1. The van der Waals surface area contributed by atoms with Gasteiger partial charge >= 0.3 is 0 Å². The Hall–Kier alpha value is -3.37. The van der Waals surface area contributed by atoms with Crippen LogP contribution in [0.2, 0.25) is 0 Å². The molecule has 1 amide bonds. The highest BCUT2D eigenvalue weighted by Gasteiger charge is 2.13. The van der Waals surface area contributed by atoms with E-state index in [1.807, 2.05) is 12.1 Å². The SMILES string of the molecule is N#C/C(=C/c1ccc[nH]1)c1nc(-c2ccc(O)c(C(N)=O)c2)cs1. The second-order valence-corrected chi connectivity index (χ2v) is 5.79. The van der Waals surface area contributed by atoms with Crippen LogP contribution in [0.1, 0.15) is 21.1 Å². The minimum Gasteiger partial charge on any atom is -0.507 e. The number of hydrogen-bond donors (Lipinski definition) is 3. The molecule has 0 radical (unpaired) electrons. The van der Waals surface area contributed by atoms with Crippen molar-refractivity contribution in [2.24, 2.45) is 5.73 Å². The fourth-order valence-corrected chi connectivity index (χ4v) is 2.95. The lowest BCUT2D eigenvalue weighted by atomic mass is 10.1. The molecule has 0 fully saturated rings. The van der Waals surface area contributed by atoms with Gasteiger partial charge in [-0.3, -0.25) is 4.79 Å². The predicted molar refractivity (Wildman–Crippen MR) is 92.0 cm³/mol. The normalized spacial score (nSPS) is 11.2. The van der Waals surface area contributed by atoms with E-state index in [4.69, 9.17) is 5.73 Å². The highest BCUT2D eigenvalue weighted by Crippen LogP contribution is 2.29. The zero-order valence-corrected chi connectivity index (χ0v) is 13.2. The van der Waals surface area contributed by atoms with Crippen LogP contribution in [-0.4, -0.2) is 21.0 Å². The smallest absolute Gasteiger partial charge is 0.252 e. The molecule has 3 rings (SSSR count). The number of H-pyrrole nitrogens is 1. The quantitative estimate of drug-likeness (QED) is 0.635. The molecule has 0 saturated heterocycles. The molecule has 0 saturated carbocycles. The summed E-state index contributed by atoms with van der Waals surface area (Å²) >= 11 is 1.32. The van der Waals surface area contributed by atoms with Gasteiger partial charge in [-0.15, -0.1) is 11.3 Å². The molecule has 7 heteroatoms. The van der Waals surface area contributed by atoms with Crippen LogP contribution in [0.25, 0.3) is 22.9 Å². The molecule has 3 aromatic rings. The van der Waals surface area contributed by atoms with Crippen LogP contribution in [0, 0.1) is 11.3 Å². The van der Waals surface area contributed by atoms with Crippen LogP contribution in [0.4, 0.5) is 0 Å². The minimum atomic E-state index is -0.714. The maximum atomic E-state index is 11.3. The van der Waals surface area contributed by atoms with Crippen molar-refractivity contribution >= 4 is 28.9 Å². The number of nitrogens with one attached hydrogen (secondary N) is 1. The first-order chi connectivity index (χ1) is 11.6. The Bertz CT molecular complexity index is 965. The summed E-state index contributed by atoms with van der Waals surface area (Å²) in [5, 5.41) is 21.4. The Morgan fingerprint density at radius 3 is 2.92 bits per heavy atom. The van der Waals surface area contributed by atoms with E-state index in [9.17, 15) is 15.2 Å². The highest BCUT2D eigenvalue weighted by molar-refractivity contribution is 7.11. The number of rotatable bonds is 4. The van der Waals surface area contributed by atoms with Gasteiger partial charge in [-0.25, -0.2) is 4.98 Å². The average Bonchev–Trinajstić information content (AvgIpc) is 3.24. The first kappa shape index (κ1) is 15.5. The van der Waals surface area contributed by atoms with Gasteiger partial charge in [-0.1, -0.05) is 0 Å². The number of nitriles is 1. The van der Waals surface area contributed by atoms with Crippen LogP contribution in [0.3, 0.4) is 0 Å². The molecular weight excluding hydrogens is 324 g/mol. The third-order valence-electron chi connectivity index (χ3n) is 3.33. The van der Waals surface area contributed by atoms with Crippen molar-refractivity contribution in [2.45, 2.75) is 0 Å². The third-order valence-corrected chi connectivity index (χ3v) is 4.21. The molecule has 0 atom stereocenters. The number of nitrogens with zero attached hydrogens (tertiary/aromatic N) is 2. The minimum absolute atomic E-state index is 0.0319. The van der Waals surface area contributed by atoms with E-state index in [0.29, 0.717) is 21.8 Å². The highest BCUT2D eigenvalue weighted by atomic mass is 32.1. The number of phenols is 1. The number of allylic oxidation sites excluding steroid dienone is 1. The Morgan fingerprint density at radius 2 is 2.25 bits per heavy atom. The monoisotopic (exact) mass is 336 g/mol. The topological polar surface area (TPSA) is 116 Å². The number of carbonyl (C=O) groups is 1. The van der Waals surface area contributed by atoms with Gasteiger partial charge in [0.25, 0.3) is 5.91 Å². The largest absolute Gasteiger partial charge is 0.507 e.